The molecule has 21 heavy (non-hydrogen) atoms. The van der Waals surface area contributed by atoms with Gasteiger partial charge in [-0.25, -0.2) is 0 Å². The monoisotopic (exact) mass is 293 g/mol. The molecule has 0 saturated carbocycles. The maximum atomic E-state index is 9.90. The maximum Gasteiger partial charge on any atom is 0.184 e. The average Bonchev–Trinajstić information content (AvgIpc) is 2.52. The summed E-state index contributed by atoms with van der Waals surface area (Å²) < 4.78 is 16.6. The molecule has 112 valence electrons. The molecular weight excluding hydrogens is 278 g/mol. The van der Waals surface area contributed by atoms with Crippen molar-refractivity contribution in [2.75, 3.05) is 6.61 Å². The predicted octanol–water partition coefficient (Wildman–Crippen LogP) is 0.858. The van der Waals surface area contributed by atoms with Crippen LogP contribution in [0.2, 0.25) is 0 Å². The molecule has 8 heteroatoms. The van der Waals surface area contributed by atoms with Crippen LogP contribution < -0.4 is 0 Å². The second kappa shape index (κ2) is 5.98. The van der Waals surface area contributed by atoms with Crippen LogP contribution in [-0.4, -0.2) is 47.5 Å². The summed E-state index contributed by atoms with van der Waals surface area (Å²) in [6, 6.07) is 8.36. The smallest absolute Gasteiger partial charge is 0.184 e. The van der Waals surface area contributed by atoms with Crippen molar-refractivity contribution >= 4 is 0 Å². The second-order valence-corrected chi connectivity index (χ2v) is 4.93. The molecule has 2 aliphatic rings. The van der Waals surface area contributed by atoms with E-state index in [1.165, 1.54) is 0 Å². The van der Waals surface area contributed by atoms with Crippen molar-refractivity contribution in [2.24, 2.45) is 5.11 Å². The van der Waals surface area contributed by atoms with E-state index in [1.54, 1.807) is 0 Å². The maximum absolute atomic E-state index is 9.90. The lowest BCUT2D eigenvalue weighted by Gasteiger charge is -2.45. The Labute approximate surface area is 120 Å². The summed E-state index contributed by atoms with van der Waals surface area (Å²) in [5.41, 5.74) is 9.45. The molecule has 1 unspecified atom stereocenters. The number of rotatable bonds is 2. The summed E-state index contributed by atoms with van der Waals surface area (Å²) >= 11 is 0. The number of nitrogens with zero attached hydrogens (tertiary/aromatic N) is 3. The largest absolute Gasteiger partial charge is 0.387 e. The van der Waals surface area contributed by atoms with Crippen molar-refractivity contribution in [1.82, 2.24) is 0 Å². The molecule has 6 atom stereocenters. The SMILES string of the molecule is [N-]=[N+]=N[C@@H]1[C@@H](O)[C@@H](O)O[C@@H]2COC(c3ccccc3)O[C@H]12. The van der Waals surface area contributed by atoms with Gasteiger partial charge in [0, 0.05) is 10.5 Å². The lowest BCUT2D eigenvalue weighted by Crippen LogP contribution is -2.60. The van der Waals surface area contributed by atoms with Gasteiger partial charge in [0.05, 0.1) is 12.6 Å². The van der Waals surface area contributed by atoms with Gasteiger partial charge in [0.2, 0.25) is 0 Å². The first-order valence-electron chi connectivity index (χ1n) is 6.58. The van der Waals surface area contributed by atoms with Crippen LogP contribution in [0.3, 0.4) is 0 Å². The van der Waals surface area contributed by atoms with Gasteiger partial charge in [-0.05, 0) is 5.53 Å². The lowest BCUT2D eigenvalue weighted by molar-refractivity contribution is -0.334. The van der Waals surface area contributed by atoms with Gasteiger partial charge in [-0.1, -0.05) is 35.4 Å². The van der Waals surface area contributed by atoms with Gasteiger partial charge in [-0.15, -0.1) is 0 Å². The number of fused-ring (bicyclic) bond motifs is 1. The van der Waals surface area contributed by atoms with E-state index < -0.39 is 36.9 Å². The number of aliphatic hydroxyl groups is 2. The number of azide groups is 1. The number of aliphatic hydroxyl groups excluding tert-OH is 2. The Morgan fingerprint density at radius 1 is 1.19 bits per heavy atom. The molecule has 0 aromatic heterocycles. The van der Waals surface area contributed by atoms with E-state index in [0.717, 1.165) is 5.56 Å². The molecule has 2 aliphatic heterocycles. The first-order valence-corrected chi connectivity index (χ1v) is 6.58. The Kier molecular flexibility index (Phi) is 4.07. The summed E-state index contributed by atoms with van der Waals surface area (Å²) in [5.74, 6) is 0. The Bertz CT molecular complexity index is 536. The molecule has 1 aromatic carbocycles. The Hall–Kier alpha value is -1.67. The third-order valence-corrected chi connectivity index (χ3v) is 3.61. The average molecular weight is 293 g/mol. The molecule has 2 saturated heterocycles. The summed E-state index contributed by atoms with van der Waals surface area (Å²) in [4.78, 5) is 2.71. The van der Waals surface area contributed by atoms with Gasteiger partial charge in [0.25, 0.3) is 0 Å². The fourth-order valence-corrected chi connectivity index (χ4v) is 2.57. The molecule has 3 rings (SSSR count). The topological polar surface area (TPSA) is 117 Å². The third kappa shape index (κ3) is 2.73. The van der Waals surface area contributed by atoms with Crippen molar-refractivity contribution in [3.8, 4) is 0 Å². The fourth-order valence-electron chi connectivity index (χ4n) is 2.57. The molecule has 2 fully saturated rings. The van der Waals surface area contributed by atoms with Crippen LogP contribution in [0.4, 0.5) is 0 Å². The van der Waals surface area contributed by atoms with E-state index in [2.05, 4.69) is 10.0 Å². The molecule has 2 N–H and O–H groups in total. The standard InChI is InChI=1S/C13H15N3O5/c14-16-15-9-10(17)12(18)20-8-6-19-13(21-11(8)9)7-4-2-1-3-5-7/h1-5,8-13,17-18H,6H2/t8-,9-,10-,11+,12+,13?/m1/s1. The van der Waals surface area contributed by atoms with Gasteiger partial charge in [0.15, 0.2) is 12.6 Å². The normalized spacial score (nSPS) is 39.1. The van der Waals surface area contributed by atoms with E-state index >= 15 is 0 Å². The van der Waals surface area contributed by atoms with E-state index in [9.17, 15) is 10.2 Å². The minimum absolute atomic E-state index is 0.172. The van der Waals surface area contributed by atoms with Crippen molar-refractivity contribution in [1.29, 1.82) is 0 Å². The molecule has 2 heterocycles. The Balaban J connectivity index is 1.82. The quantitative estimate of drug-likeness (QED) is 0.476. The highest BCUT2D eigenvalue weighted by Crippen LogP contribution is 2.34. The van der Waals surface area contributed by atoms with Crippen LogP contribution >= 0.6 is 0 Å². The van der Waals surface area contributed by atoms with Gasteiger partial charge >= 0.3 is 0 Å². The minimum atomic E-state index is -1.43. The first-order chi connectivity index (χ1) is 10.2. The Morgan fingerprint density at radius 2 is 1.95 bits per heavy atom. The second-order valence-electron chi connectivity index (χ2n) is 4.93. The van der Waals surface area contributed by atoms with E-state index in [0.29, 0.717) is 0 Å². The van der Waals surface area contributed by atoms with E-state index in [-0.39, 0.29) is 6.61 Å². The molecular formula is C13H15N3O5. The first kappa shape index (κ1) is 14.3. The van der Waals surface area contributed by atoms with Crippen LogP contribution in [0.25, 0.3) is 10.4 Å². The highest BCUT2D eigenvalue weighted by molar-refractivity contribution is 5.16. The molecule has 0 aliphatic carbocycles. The zero-order valence-electron chi connectivity index (χ0n) is 11.0. The van der Waals surface area contributed by atoms with E-state index in [1.807, 2.05) is 30.3 Å². The molecule has 1 aromatic rings. The number of hydrogen-bond acceptors (Lipinski definition) is 6. The van der Waals surface area contributed by atoms with Gasteiger partial charge in [-0.2, -0.15) is 0 Å². The molecule has 0 radical (unpaired) electrons. The molecule has 0 amide bonds. The van der Waals surface area contributed by atoms with Crippen LogP contribution in [0.15, 0.2) is 35.4 Å². The summed E-state index contributed by atoms with van der Waals surface area (Å²) in [5, 5.41) is 23.1. The molecule has 0 spiro atoms. The highest BCUT2D eigenvalue weighted by Gasteiger charge is 2.48. The van der Waals surface area contributed by atoms with Crippen molar-refractivity contribution < 1.29 is 24.4 Å². The van der Waals surface area contributed by atoms with Crippen LogP contribution in [-0.2, 0) is 14.2 Å². The number of benzene rings is 1. The van der Waals surface area contributed by atoms with Gasteiger partial charge < -0.3 is 24.4 Å². The minimum Gasteiger partial charge on any atom is -0.387 e. The highest BCUT2D eigenvalue weighted by atomic mass is 16.7. The zero-order valence-corrected chi connectivity index (χ0v) is 11.0. The lowest BCUT2D eigenvalue weighted by atomic mass is 9.96. The van der Waals surface area contributed by atoms with Crippen molar-refractivity contribution in [3.63, 3.8) is 0 Å². The van der Waals surface area contributed by atoms with Crippen LogP contribution in [0.1, 0.15) is 11.9 Å². The summed E-state index contributed by atoms with van der Waals surface area (Å²) in [6.07, 6.45) is -4.68. The summed E-state index contributed by atoms with van der Waals surface area (Å²) in [6.45, 7) is 0.172. The number of hydrogen-bond donors (Lipinski definition) is 2. The fraction of sp³-hybridized carbons (Fsp3) is 0.538. The third-order valence-electron chi connectivity index (χ3n) is 3.61. The van der Waals surface area contributed by atoms with Crippen molar-refractivity contribution in [2.45, 2.75) is 36.9 Å². The van der Waals surface area contributed by atoms with Crippen LogP contribution in [0, 0.1) is 0 Å². The zero-order chi connectivity index (χ0) is 14.8. The predicted molar refractivity (Wildman–Crippen MR) is 69.8 cm³/mol. The van der Waals surface area contributed by atoms with Crippen LogP contribution in [0.5, 0.6) is 0 Å². The van der Waals surface area contributed by atoms with Crippen molar-refractivity contribution in [3.05, 3.63) is 46.3 Å². The molecule has 0 bridgehead atoms. The van der Waals surface area contributed by atoms with Gasteiger partial charge in [0.1, 0.15) is 18.3 Å². The van der Waals surface area contributed by atoms with Gasteiger partial charge in [-0.3, -0.25) is 0 Å². The summed E-state index contributed by atoms with van der Waals surface area (Å²) in [7, 11) is 0. The number of ether oxygens (including phenoxy) is 3. The Morgan fingerprint density at radius 3 is 2.67 bits per heavy atom. The van der Waals surface area contributed by atoms with E-state index in [4.69, 9.17) is 19.7 Å². The molecule has 8 nitrogen and oxygen atoms in total.